The van der Waals surface area contributed by atoms with Crippen molar-refractivity contribution in [1.82, 2.24) is 4.98 Å². The smallest absolute Gasteiger partial charge is 0.255 e. The number of halogens is 1. The number of thiazole rings is 1. The molecule has 4 rings (SSSR count). The van der Waals surface area contributed by atoms with Crippen molar-refractivity contribution in [3.63, 3.8) is 0 Å². The molecule has 0 fully saturated rings. The Labute approximate surface area is 192 Å². The summed E-state index contributed by atoms with van der Waals surface area (Å²) in [4.78, 5) is 28.7. The average Bonchev–Trinajstić information content (AvgIpc) is 3.22. The third-order valence-corrected chi connectivity index (χ3v) is 5.90. The molecule has 0 saturated carbocycles. The van der Waals surface area contributed by atoms with Crippen LogP contribution in [0.2, 0.25) is 5.02 Å². The fraction of sp³-hybridized carbons (Fsp3) is 0.0870. The Hall–Kier alpha value is -3.62. The lowest BCUT2D eigenvalue weighted by Gasteiger charge is -2.14. The average molecular weight is 468 g/mol. The van der Waals surface area contributed by atoms with E-state index in [0.717, 1.165) is 20.8 Å². The number of ether oxygens (including phenoxy) is 2. The second-order valence-electron chi connectivity index (χ2n) is 6.73. The third kappa shape index (κ3) is 4.51. The Bertz CT molecular complexity index is 1290. The summed E-state index contributed by atoms with van der Waals surface area (Å²) in [6.45, 7) is -0.364. The molecule has 0 radical (unpaired) electrons. The number of methoxy groups -OCH3 is 1. The molecule has 0 spiro atoms. The van der Waals surface area contributed by atoms with Gasteiger partial charge in [0.25, 0.3) is 11.8 Å². The van der Waals surface area contributed by atoms with Gasteiger partial charge in [-0.15, -0.1) is 11.3 Å². The number of hydrogen-bond acceptors (Lipinski definition) is 6. The molecule has 0 bridgehead atoms. The van der Waals surface area contributed by atoms with Crippen LogP contribution in [0.25, 0.3) is 20.8 Å². The number of fused-ring (bicyclic) bond motifs is 1. The van der Waals surface area contributed by atoms with E-state index in [0.29, 0.717) is 5.69 Å². The molecule has 1 heterocycles. The highest BCUT2D eigenvalue weighted by atomic mass is 35.5. The monoisotopic (exact) mass is 467 g/mol. The summed E-state index contributed by atoms with van der Waals surface area (Å²) in [6, 6.07) is 18.2. The van der Waals surface area contributed by atoms with Crippen LogP contribution >= 0.6 is 22.9 Å². The molecule has 0 aliphatic rings. The molecule has 0 aliphatic heterocycles. The van der Waals surface area contributed by atoms with Gasteiger partial charge in [-0.05, 0) is 36.4 Å². The standard InChI is InChI=1S/C23H18ClN3O4S/c1-30-18-11-13(10-15(24)21(18)31-12-20(25)28)22(29)26-16-7-3-2-6-14(16)23-27-17-8-4-5-9-19(17)32-23/h2-11H,12H2,1H3,(H2,25,28)(H,26,29). The Morgan fingerprint density at radius 2 is 1.88 bits per heavy atom. The minimum absolute atomic E-state index is 0.121. The van der Waals surface area contributed by atoms with Gasteiger partial charge in [-0.25, -0.2) is 4.98 Å². The van der Waals surface area contributed by atoms with E-state index in [-0.39, 0.29) is 34.6 Å². The zero-order chi connectivity index (χ0) is 22.7. The summed E-state index contributed by atoms with van der Waals surface area (Å²) in [6.07, 6.45) is 0. The highest BCUT2D eigenvalue weighted by Gasteiger charge is 2.18. The van der Waals surface area contributed by atoms with E-state index in [2.05, 4.69) is 10.3 Å². The zero-order valence-electron chi connectivity index (χ0n) is 16.9. The molecule has 7 nitrogen and oxygen atoms in total. The van der Waals surface area contributed by atoms with Crippen LogP contribution in [-0.4, -0.2) is 30.5 Å². The van der Waals surface area contributed by atoms with E-state index in [4.69, 9.17) is 26.8 Å². The van der Waals surface area contributed by atoms with E-state index in [1.54, 1.807) is 11.3 Å². The number of carbonyl (C=O) groups excluding carboxylic acids is 2. The summed E-state index contributed by atoms with van der Waals surface area (Å²) < 4.78 is 11.6. The summed E-state index contributed by atoms with van der Waals surface area (Å²) in [7, 11) is 1.41. The maximum absolute atomic E-state index is 13.0. The first kappa shape index (κ1) is 21.6. The number of nitrogens with zero attached hydrogens (tertiary/aromatic N) is 1. The van der Waals surface area contributed by atoms with Crippen molar-refractivity contribution >= 4 is 50.7 Å². The van der Waals surface area contributed by atoms with Crippen LogP contribution in [0.3, 0.4) is 0 Å². The number of nitrogens with two attached hydrogens (primary N) is 1. The highest BCUT2D eigenvalue weighted by molar-refractivity contribution is 7.21. The van der Waals surface area contributed by atoms with Gasteiger partial charge in [0.15, 0.2) is 18.1 Å². The molecule has 9 heteroatoms. The van der Waals surface area contributed by atoms with Crippen LogP contribution in [-0.2, 0) is 4.79 Å². The van der Waals surface area contributed by atoms with Gasteiger partial charge in [-0.1, -0.05) is 35.9 Å². The lowest BCUT2D eigenvalue weighted by atomic mass is 10.1. The number of amides is 2. The van der Waals surface area contributed by atoms with Gasteiger partial charge >= 0.3 is 0 Å². The van der Waals surface area contributed by atoms with Gasteiger partial charge in [-0.2, -0.15) is 0 Å². The van der Waals surface area contributed by atoms with Crippen LogP contribution in [0.5, 0.6) is 11.5 Å². The Morgan fingerprint density at radius 1 is 1.12 bits per heavy atom. The van der Waals surface area contributed by atoms with E-state index >= 15 is 0 Å². The minimum atomic E-state index is -0.656. The summed E-state index contributed by atoms with van der Waals surface area (Å²) in [5.41, 5.74) is 7.70. The second kappa shape index (κ2) is 9.25. The molecule has 1 aromatic heterocycles. The van der Waals surface area contributed by atoms with Crippen molar-refractivity contribution in [2.24, 2.45) is 5.73 Å². The molecule has 0 saturated heterocycles. The van der Waals surface area contributed by atoms with Crippen molar-refractivity contribution in [1.29, 1.82) is 0 Å². The third-order valence-electron chi connectivity index (χ3n) is 4.55. The van der Waals surface area contributed by atoms with Crippen molar-refractivity contribution < 1.29 is 19.1 Å². The van der Waals surface area contributed by atoms with Gasteiger partial charge in [0.1, 0.15) is 5.01 Å². The molecule has 3 aromatic carbocycles. The first-order valence-electron chi connectivity index (χ1n) is 9.51. The number of nitrogens with one attached hydrogen (secondary N) is 1. The van der Waals surface area contributed by atoms with Crippen molar-refractivity contribution in [2.45, 2.75) is 0 Å². The van der Waals surface area contributed by atoms with Crippen LogP contribution in [0.1, 0.15) is 10.4 Å². The normalized spacial score (nSPS) is 10.7. The summed E-state index contributed by atoms with van der Waals surface area (Å²) >= 11 is 7.82. The number of primary amides is 1. The van der Waals surface area contributed by atoms with Gasteiger partial charge < -0.3 is 20.5 Å². The van der Waals surface area contributed by atoms with Crippen molar-refractivity contribution in [3.05, 3.63) is 71.2 Å². The van der Waals surface area contributed by atoms with Crippen LogP contribution in [0.4, 0.5) is 5.69 Å². The van der Waals surface area contributed by atoms with Crippen molar-refractivity contribution in [2.75, 3.05) is 19.0 Å². The molecule has 4 aromatic rings. The number of hydrogen-bond donors (Lipinski definition) is 2. The van der Waals surface area contributed by atoms with Gasteiger partial charge in [0.05, 0.1) is 28.0 Å². The minimum Gasteiger partial charge on any atom is -0.493 e. The largest absolute Gasteiger partial charge is 0.493 e. The first-order valence-corrected chi connectivity index (χ1v) is 10.7. The van der Waals surface area contributed by atoms with E-state index in [9.17, 15) is 9.59 Å². The summed E-state index contributed by atoms with van der Waals surface area (Å²) in [5.74, 6) is -0.695. The molecular formula is C23H18ClN3O4S. The molecule has 0 aliphatic carbocycles. The number of rotatable bonds is 7. The topological polar surface area (TPSA) is 104 Å². The van der Waals surface area contributed by atoms with E-state index in [1.165, 1.54) is 19.2 Å². The number of para-hydroxylation sites is 2. The number of anilines is 1. The van der Waals surface area contributed by atoms with Gasteiger partial charge in [-0.3, -0.25) is 9.59 Å². The molecule has 2 amide bonds. The lowest BCUT2D eigenvalue weighted by molar-refractivity contribution is -0.119. The Kier molecular flexibility index (Phi) is 6.25. The Morgan fingerprint density at radius 3 is 2.62 bits per heavy atom. The fourth-order valence-corrected chi connectivity index (χ4v) is 4.37. The van der Waals surface area contributed by atoms with Crippen LogP contribution in [0, 0.1) is 0 Å². The second-order valence-corrected chi connectivity index (χ2v) is 8.17. The maximum Gasteiger partial charge on any atom is 0.255 e. The molecule has 0 unspecified atom stereocenters. The lowest BCUT2D eigenvalue weighted by Crippen LogP contribution is -2.20. The Balaban J connectivity index is 1.63. The maximum atomic E-state index is 13.0. The summed E-state index contributed by atoms with van der Waals surface area (Å²) in [5, 5.41) is 3.84. The molecule has 162 valence electrons. The highest BCUT2D eigenvalue weighted by Crippen LogP contribution is 2.38. The van der Waals surface area contributed by atoms with Gasteiger partial charge in [0, 0.05) is 11.1 Å². The van der Waals surface area contributed by atoms with Crippen LogP contribution in [0.15, 0.2) is 60.7 Å². The van der Waals surface area contributed by atoms with Crippen molar-refractivity contribution in [3.8, 4) is 22.1 Å². The van der Waals surface area contributed by atoms with E-state index in [1.807, 2.05) is 48.5 Å². The molecular weight excluding hydrogens is 450 g/mol. The fourth-order valence-electron chi connectivity index (χ4n) is 3.09. The van der Waals surface area contributed by atoms with Crippen LogP contribution < -0.4 is 20.5 Å². The molecule has 3 N–H and O–H groups in total. The van der Waals surface area contributed by atoms with Gasteiger partial charge in [0.2, 0.25) is 0 Å². The number of carbonyl (C=O) groups is 2. The zero-order valence-corrected chi connectivity index (χ0v) is 18.5. The first-order chi connectivity index (χ1) is 15.5. The molecule has 0 atom stereocenters. The number of aromatic nitrogens is 1. The predicted octanol–water partition coefficient (Wildman–Crippen LogP) is 4.74. The predicted molar refractivity (Wildman–Crippen MR) is 126 cm³/mol. The number of benzene rings is 3. The van der Waals surface area contributed by atoms with E-state index < -0.39 is 5.91 Å². The SMILES string of the molecule is COc1cc(C(=O)Nc2ccccc2-c2nc3ccccc3s2)cc(Cl)c1OCC(N)=O. The quantitative estimate of drug-likeness (QED) is 0.408. The molecule has 32 heavy (non-hydrogen) atoms.